The van der Waals surface area contributed by atoms with E-state index >= 15 is 0 Å². The van der Waals surface area contributed by atoms with Gasteiger partial charge in [0.2, 0.25) is 10.0 Å². The highest BCUT2D eigenvalue weighted by Crippen LogP contribution is 2.36. The number of benzene rings is 1. The molecule has 7 nitrogen and oxygen atoms in total. The van der Waals surface area contributed by atoms with Crippen molar-refractivity contribution in [2.24, 2.45) is 0 Å². The average molecular weight is 388 g/mol. The van der Waals surface area contributed by atoms with Crippen molar-refractivity contribution in [3.8, 4) is 5.75 Å². The normalized spacial score (nSPS) is 16.9. The molecule has 1 aromatic carbocycles. The second kappa shape index (κ2) is 6.69. The lowest BCUT2D eigenvalue weighted by atomic mass is 9.90. The molecule has 1 aliphatic heterocycles. The number of hydrogen-bond donors (Lipinski definition) is 2. The molecule has 1 saturated heterocycles. The molecule has 8 heteroatoms. The van der Waals surface area contributed by atoms with Crippen molar-refractivity contribution in [3.05, 3.63) is 41.3 Å². The van der Waals surface area contributed by atoms with Crippen LogP contribution in [0, 0.1) is 13.8 Å². The summed E-state index contributed by atoms with van der Waals surface area (Å²) >= 11 is 0. The van der Waals surface area contributed by atoms with Gasteiger partial charge < -0.3 is 9.72 Å². The Morgan fingerprint density at radius 1 is 1.22 bits per heavy atom. The Hall–Kier alpha value is -2.32. The van der Waals surface area contributed by atoms with Crippen molar-refractivity contribution >= 4 is 20.9 Å². The highest BCUT2D eigenvalue weighted by atomic mass is 32.2. The van der Waals surface area contributed by atoms with Crippen molar-refractivity contribution in [1.29, 1.82) is 0 Å². The average Bonchev–Trinajstić information content (AvgIpc) is 3.24. The molecule has 1 aliphatic rings. The standard InChI is InChI=1S/C19H24N4O3S/c1-12-19(13(2)22-21-12)27(24,25)23-8-6-14(7-9-23)17-11-20-18-5-4-15(26-3)10-16(17)18/h4-5,10-11,14,20H,6-9H2,1-3H3,(H,21,22). The Morgan fingerprint density at radius 2 is 1.96 bits per heavy atom. The van der Waals surface area contributed by atoms with Crippen LogP contribution in [0.4, 0.5) is 0 Å². The van der Waals surface area contributed by atoms with E-state index in [1.807, 2.05) is 24.4 Å². The topological polar surface area (TPSA) is 91.1 Å². The fourth-order valence-corrected chi connectivity index (χ4v) is 5.84. The van der Waals surface area contributed by atoms with E-state index in [0.717, 1.165) is 29.5 Å². The van der Waals surface area contributed by atoms with E-state index in [1.165, 1.54) is 5.56 Å². The van der Waals surface area contributed by atoms with Crippen LogP contribution in [-0.2, 0) is 10.0 Å². The maximum atomic E-state index is 13.0. The lowest BCUT2D eigenvalue weighted by Gasteiger charge is -2.31. The third kappa shape index (κ3) is 3.02. The van der Waals surface area contributed by atoms with E-state index in [1.54, 1.807) is 25.3 Å². The summed E-state index contributed by atoms with van der Waals surface area (Å²) in [6.45, 7) is 4.49. The molecule has 3 heterocycles. The van der Waals surface area contributed by atoms with E-state index < -0.39 is 10.0 Å². The molecule has 0 radical (unpaired) electrons. The lowest BCUT2D eigenvalue weighted by Crippen LogP contribution is -2.38. The summed E-state index contributed by atoms with van der Waals surface area (Å²) in [4.78, 5) is 3.63. The predicted octanol–water partition coefficient (Wildman–Crippen LogP) is 3.08. The van der Waals surface area contributed by atoms with Crippen LogP contribution in [0.15, 0.2) is 29.3 Å². The number of aromatic amines is 2. The molecule has 0 bridgehead atoms. The number of methoxy groups -OCH3 is 1. The van der Waals surface area contributed by atoms with E-state index in [4.69, 9.17) is 4.74 Å². The minimum atomic E-state index is -3.51. The number of sulfonamides is 1. The summed E-state index contributed by atoms with van der Waals surface area (Å²) in [5.74, 6) is 1.15. The third-order valence-electron chi connectivity index (χ3n) is 5.47. The number of nitrogens with zero attached hydrogens (tertiary/aromatic N) is 2. The third-order valence-corrected chi connectivity index (χ3v) is 7.64. The summed E-state index contributed by atoms with van der Waals surface area (Å²) in [6, 6.07) is 6.00. The molecule has 2 N–H and O–H groups in total. The number of H-pyrrole nitrogens is 2. The van der Waals surface area contributed by atoms with Gasteiger partial charge in [0, 0.05) is 30.2 Å². The maximum Gasteiger partial charge on any atom is 0.246 e. The molecule has 3 aromatic rings. The fourth-order valence-electron chi connectivity index (χ4n) is 4.04. The number of hydrogen-bond acceptors (Lipinski definition) is 4. The number of ether oxygens (including phenoxy) is 1. The highest BCUT2D eigenvalue weighted by molar-refractivity contribution is 7.89. The number of nitrogens with one attached hydrogen (secondary N) is 2. The van der Waals surface area contributed by atoms with Crippen LogP contribution >= 0.6 is 0 Å². The molecule has 0 amide bonds. The Bertz CT molecular complexity index is 1060. The zero-order chi connectivity index (χ0) is 19.2. The summed E-state index contributed by atoms with van der Waals surface area (Å²) in [6.07, 6.45) is 3.63. The van der Waals surface area contributed by atoms with Gasteiger partial charge in [-0.1, -0.05) is 0 Å². The van der Waals surface area contributed by atoms with Gasteiger partial charge in [0.15, 0.2) is 0 Å². The van der Waals surface area contributed by atoms with E-state index in [0.29, 0.717) is 35.3 Å². The molecule has 4 rings (SSSR count). The van der Waals surface area contributed by atoms with E-state index in [2.05, 4.69) is 15.2 Å². The van der Waals surface area contributed by atoms with Crippen LogP contribution < -0.4 is 4.74 Å². The minimum Gasteiger partial charge on any atom is -0.497 e. The van der Waals surface area contributed by atoms with Gasteiger partial charge in [-0.2, -0.15) is 9.40 Å². The van der Waals surface area contributed by atoms with Gasteiger partial charge in [0.1, 0.15) is 10.6 Å². The SMILES string of the molecule is COc1ccc2[nH]cc(C3CCN(S(=O)(=O)c4c(C)n[nH]c4C)CC3)c2c1. The van der Waals surface area contributed by atoms with Gasteiger partial charge in [-0.05, 0) is 56.4 Å². The first kappa shape index (κ1) is 18.1. The molecule has 0 unspecified atom stereocenters. The highest BCUT2D eigenvalue weighted by Gasteiger charge is 2.33. The van der Waals surface area contributed by atoms with Crippen molar-refractivity contribution < 1.29 is 13.2 Å². The van der Waals surface area contributed by atoms with Gasteiger partial charge in [-0.25, -0.2) is 8.42 Å². The predicted molar refractivity (Wildman–Crippen MR) is 104 cm³/mol. The Kier molecular flexibility index (Phi) is 4.47. The number of rotatable bonds is 4. The van der Waals surface area contributed by atoms with Crippen LogP contribution in [0.5, 0.6) is 5.75 Å². The second-order valence-electron chi connectivity index (χ2n) is 7.10. The van der Waals surface area contributed by atoms with Gasteiger partial charge in [-0.15, -0.1) is 0 Å². The Labute approximate surface area is 158 Å². The Balaban J connectivity index is 1.56. The minimum absolute atomic E-state index is 0.317. The number of piperidine rings is 1. The van der Waals surface area contributed by atoms with Crippen LogP contribution in [0.3, 0.4) is 0 Å². The largest absolute Gasteiger partial charge is 0.497 e. The molecule has 144 valence electrons. The molecule has 1 fully saturated rings. The molecule has 27 heavy (non-hydrogen) atoms. The first-order chi connectivity index (χ1) is 12.9. The molecule has 2 aromatic heterocycles. The number of aryl methyl sites for hydroxylation is 2. The number of aromatic nitrogens is 3. The van der Waals surface area contributed by atoms with Crippen LogP contribution in [0.1, 0.15) is 35.7 Å². The van der Waals surface area contributed by atoms with E-state index in [9.17, 15) is 8.42 Å². The monoisotopic (exact) mass is 388 g/mol. The van der Waals surface area contributed by atoms with Crippen molar-refractivity contribution in [3.63, 3.8) is 0 Å². The maximum absolute atomic E-state index is 13.0. The smallest absolute Gasteiger partial charge is 0.246 e. The van der Waals surface area contributed by atoms with E-state index in [-0.39, 0.29) is 0 Å². The molecule has 0 spiro atoms. The summed E-state index contributed by atoms with van der Waals surface area (Å²) in [5, 5.41) is 7.96. The summed E-state index contributed by atoms with van der Waals surface area (Å²) < 4.78 is 33.0. The Morgan fingerprint density at radius 3 is 2.59 bits per heavy atom. The molecule has 0 aliphatic carbocycles. The first-order valence-corrected chi connectivity index (χ1v) is 10.5. The van der Waals surface area contributed by atoms with Crippen molar-refractivity contribution in [2.75, 3.05) is 20.2 Å². The first-order valence-electron chi connectivity index (χ1n) is 9.08. The zero-order valence-corrected chi connectivity index (χ0v) is 16.6. The summed E-state index contributed by atoms with van der Waals surface area (Å²) in [5.41, 5.74) is 3.43. The van der Waals surface area contributed by atoms with Crippen LogP contribution in [-0.4, -0.2) is 48.1 Å². The van der Waals surface area contributed by atoms with Crippen LogP contribution in [0.2, 0.25) is 0 Å². The molecule has 0 atom stereocenters. The van der Waals surface area contributed by atoms with Gasteiger partial charge in [0.25, 0.3) is 0 Å². The van der Waals surface area contributed by atoms with Crippen molar-refractivity contribution in [1.82, 2.24) is 19.5 Å². The zero-order valence-electron chi connectivity index (χ0n) is 15.7. The van der Waals surface area contributed by atoms with Gasteiger partial charge in [0.05, 0.1) is 18.5 Å². The fraction of sp³-hybridized carbons (Fsp3) is 0.421. The van der Waals surface area contributed by atoms with Crippen molar-refractivity contribution in [2.45, 2.75) is 37.5 Å². The molecular formula is C19H24N4O3S. The van der Waals surface area contributed by atoms with Gasteiger partial charge in [-0.3, -0.25) is 5.10 Å². The van der Waals surface area contributed by atoms with Gasteiger partial charge >= 0.3 is 0 Å². The summed E-state index contributed by atoms with van der Waals surface area (Å²) in [7, 11) is -1.85. The van der Waals surface area contributed by atoms with Crippen LogP contribution in [0.25, 0.3) is 10.9 Å². The molecular weight excluding hydrogens is 364 g/mol. The molecule has 0 saturated carbocycles. The second-order valence-corrected chi connectivity index (χ2v) is 8.97. The lowest BCUT2D eigenvalue weighted by molar-refractivity contribution is 0.320. The number of fused-ring (bicyclic) bond motifs is 1. The quantitative estimate of drug-likeness (QED) is 0.718.